The van der Waals surface area contributed by atoms with Crippen LogP contribution in [0, 0.1) is 80.3 Å². The first kappa shape index (κ1) is 114. The van der Waals surface area contributed by atoms with Crippen molar-refractivity contribution in [3.8, 4) is 0 Å². The van der Waals surface area contributed by atoms with Gasteiger partial charge < -0.3 is 0 Å². The van der Waals surface area contributed by atoms with Gasteiger partial charge in [0.15, 0.2) is 0 Å². The van der Waals surface area contributed by atoms with Gasteiger partial charge in [-0.05, 0) is 201 Å². The molecule has 0 unspecified atom stereocenters. The normalized spacial score (nSPS) is 15.5. The first-order valence-corrected chi connectivity index (χ1v) is 39.1. The minimum absolute atomic E-state index is 0.137. The molecule has 0 aromatic carbocycles. The molecule has 7 heteroatoms. The van der Waals surface area contributed by atoms with E-state index in [1.165, 1.54) is 38.5 Å². The zero-order valence-electron chi connectivity index (χ0n) is 73.3. The Bertz CT molecular complexity index is 1540. The average molecular weight is 1350 g/mol. The summed E-state index contributed by atoms with van der Waals surface area (Å²) in [6.45, 7) is 94.2. The number of alkyl halides is 7. The molecular weight excluding hydrogens is 1170 g/mol. The van der Waals surface area contributed by atoms with Gasteiger partial charge in [-0.15, -0.1) is 0 Å². The maximum atomic E-state index is 14.0. The summed E-state index contributed by atoms with van der Waals surface area (Å²) in [5.41, 5.74) is -4.86. The third-order valence-electron chi connectivity index (χ3n) is 22.5. The largest absolute Gasteiger partial charge is 0.244 e. The fourth-order valence-electron chi connectivity index (χ4n) is 12.5. The highest BCUT2D eigenvalue weighted by Gasteiger charge is 2.41. The van der Waals surface area contributed by atoms with Crippen LogP contribution in [0.25, 0.3) is 0 Å². The van der Waals surface area contributed by atoms with Crippen molar-refractivity contribution in [2.75, 3.05) is 0 Å². The monoisotopic (exact) mass is 1350 g/mol. The Balaban J connectivity index is -0.000000103. The molecule has 0 N–H and O–H groups in total. The highest BCUT2D eigenvalue weighted by Crippen LogP contribution is 2.45. The van der Waals surface area contributed by atoms with Crippen LogP contribution in [0.1, 0.15) is 440 Å². The summed E-state index contributed by atoms with van der Waals surface area (Å²) in [7, 11) is 0. The van der Waals surface area contributed by atoms with Crippen molar-refractivity contribution in [3.05, 3.63) is 0 Å². The van der Waals surface area contributed by atoms with E-state index in [1.807, 2.05) is 76.2 Å². The van der Waals surface area contributed by atoms with E-state index in [9.17, 15) is 30.7 Å². The molecular formula is C86H185F7. The van der Waals surface area contributed by atoms with E-state index in [4.69, 9.17) is 0 Å². The zero-order chi connectivity index (χ0) is 77.6. The lowest BCUT2D eigenvalue weighted by molar-refractivity contribution is 0.00941. The van der Waals surface area contributed by atoms with Crippen molar-refractivity contribution in [1.29, 1.82) is 0 Å². The van der Waals surface area contributed by atoms with Gasteiger partial charge >= 0.3 is 0 Å². The van der Waals surface area contributed by atoms with E-state index in [1.54, 1.807) is 55.4 Å². The lowest BCUT2D eigenvalue weighted by atomic mass is 9.65. The fraction of sp³-hybridized carbons (Fsp3) is 1.00. The van der Waals surface area contributed by atoms with Crippen molar-refractivity contribution in [2.45, 2.75) is 480 Å². The van der Waals surface area contributed by atoms with Crippen molar-refractivity contribution >= 4 is 0 Å². The predicted octanol–water partition coefficient (Wildman–Crippen LogP) is 33.6. The minimum Gasteiger partial charge on any atom is -0.244 e. The second-order valence-corrected chi connectivity index (χ2v) is 35.3. The van der Waals surface area contributed by atoms with Gasteiger partial charge in [0.1, 0.15) is 39.7 Å². The smallest absolute Gasteiger partial charge is 0.113 e. The fourth-order valence-corrected chi connectivity index (χ4v) is 12.5. The molecule has 0 aliphatic rings. The number of rotatable bonds is 27. The molecule has 5 atom stereocenters. The molecule has 0 aliphatic heterocycles. The molecule has 0 radical (unpaired) electrons. The third-order valence-corrected chi connectivity index (χ3v) is 22.5. The Morgan fingerprint density at radius 2 is 0.548 bits per heavy atom. The molecule has 0 aliphatic carbocycles. The predicted molar refractivity (Wildman–Crippen MR) is 419 cm³/mol. The van der Waals surface area contributed by atoms with Crippen molar-refractivity contribution in [1.82, 2.24) is 0 Å². The van der Waals surface area contributed by atoms with E-state index in [2.05, 4.69) is 187 Å². The van der Waals surface area contributed by atoms with E-state index in [-0.39, 0.29) is 29.1 Å². The molecule has 0 saturated heterocycles. The van der Waals surface area contributed by atoms with Crippen molar-refractivity contribution in [2.24, 2.45) is 80.3 Å². The van der Waals surface area contributed by atoms with Crippen LogP contribution in [0.2, 0.25) is 0 Å². The maximum Gasteiger partial charge on any atom is 0.113 e. The molecule has 0 rings (SSSR count). The molecule has 578 valence electrons. The Morgan fingerprint density at radius 3 is 0.591 bits per heavy atom. The quantitative estimate of drug-likeness (QED) is 0.0719. The lowest BCUT2D eigenvalue weighted by Gasteiger charge is -2.40. The van der Waals surface area contributed by atoms with Gasteiger partial charge in [0.05, 0.1) is 0 Å². The van der Waals surface area contributed by atoms with Gasteiger partial charge in [-0.3, -0.25) is 0 Å². The van der Waals surface area contributed by atoms with Crippen LogP contribution in [0.4, 0.5) is 30.7 Å². The SMILES string of the molecule is CC(C)C(C(C)C)C(C)(C)F.CCC(C)(CC)C(C)(C)C.CCC(C)(CC)[C@@](C)(F)CC.CCC(C)(F)CC.CCC(CC)C(C)(C)C.CCC(CC)[C@@](C)(F)CC.CCCC(C)(C)C.CCC[C@@](C)(F)CC.CC[C@](C)(F)C(C(C)C)C(C)C.CC[C@](C)(F)C(C)C. The highest BCUT2D eigenvalue weighted by atomic mass is 19.2. The highest BCUT2D eigenvalue weighted by molar-refractivity contribution is 4.91. The van der Waals surface area contributed by atoms with Crippen LogP contribution in [0.3, 0.4) is 0 Å². The average Bonchev–Trinajstić information content (AvgIpc) is 0.867. The van der Waals surface area contributed by atoms with Crippen LogP contribution < -0.4 is 0 Å². The molecule has 0 saturated carbocycles. The second-order valence-electron chi connectivity index (χ2n) is 35.3. The van der Waals surface area contributed by atoms with Crippen molar-refractivity contribution in [3.63, 3.8) is 0 Å². The molecule has 0 heterocycles. The first-order valence-electron chi connectivity index (χ1n) is 39.1. The zero-order valence-corrected chi connectivity index (χ0v) is 73.3. The molecule has 0 bridgehead atoms. The number of hydrogen-bond acceptors (Lipinski definition) is 0. The van der Waals surface area contributed by atoms with Gasteiger partial charge in [-0.25, -0.2) is 30.7 Å². The summed E-state index contributed by atoms with van der Waals surface area (Å²) in [6, 6.07) is 0. The number of halogens is 7. The summed E-state index contributed by atoms with van der Waals surface area (Å²) in [5, 5.41) is 0. The Morgan fingerprint density at radius 1 is 0.269 bits per heavy atom. The molecule has 0 aromatic heterocycles. The van der Waals surface area contributed by atoms with Crippen LogP contribution in [0.15, 0.2) is 0 Å². The van der Waals surface area contributed by atoms with Crippen molar-refractivity contribution < 1.29 is 30.7 Å². The van der Waals surface area contributed by atoms with Crippen LogP contribution in [-0.2, 0) is 0 Å². The molecule has 0 nitrogen and oxygen atoms in total. The van der Waals surface area contributed by atoms with Gasteiger partial charge in [0.2, 0.25) is 0 Å². The standard InChI is InChI=1S/C11H23F.2C10H21F.C10H22.C9H19F.C9H20.2C7H15F.C7H16.C6H13F/c1-7-11(6,12)10(8(2)3)9(4)5;1-7(2)9(8(3)4)10(5,6)11;1-6-9(4,7-2)10(5,11)8-3;1-7-10(6,8-2)9(3,4)5;1-5-8(6-2)9(4,10)7-3;1-6-8(7-2)9(3,4)5;1-5-7(4,8)6(2)3;1-4-6-7(3,8)5-2;1-5-6-7(2,3)4;1-4-6(3,7)5-2/h8-10H,7H2,1-6H3;7-9H,1-6H3;6-8H2,1-5H3;7-8H2,1-6H3;8H,5-7H2,1-4H3;8H,6-7H2,1-5H3;6H,5H2,1-4H3;4-6H2,1-3H3;5-6H2,1-4H3;4-5H2,1-3H3/t11-;;10-;;9-;;2*7-;;/m0.0.0.00../s1. The van der Waals surface area contributed by atoms with Crippen LogP contribution in [-0.4, -0.2) is 39.7 Å². The first-order chi connectivity index (χ1) is 41.3. The lowest BCUT2D eigenvalue weighted by Crippen LogP contribution is -2.38. The van der Waals surface area contributed by atoms with E-state index >= 15 is 0 Å². The Kier molecular flexibility index (Phi) is 66.4. The van der Waals surface area contributed by atoms with E-state index in [0.29, 0.717) is 96.7 Å². The summed E-state index contributed by atoms with van der Waals surface area (Å²) in [5.74, 6) is 3.36. The van der Waals surface area contributed by atoms with Gasteiger partial charge in [-0.1, -0.05) is 314 Å². The van der Waals surface area contributed by atoms with Gasteiger partial charge in [-0.2, -0.15) is 0 Å². The summed E-state index contributed by atoms with van der Waals surface area (Å²) >= 11 is 0. The summed E-state index contributed by atoms with van der Waals surface area (Å²) < 4.78 is 93.2. The molecule has 0 aromatic rings. The maximum absolute atomic E-state index is 14.0. The van der Waals surface area contributed by atoms with Crippen LogP contribution >= 0.6 is 0 Å². The molecule has 0 amide bonds. The summed E-state index contributed by atoms with van der Waals surface area (Å²) in [4.78, 5) is 0. The number of hydrogen-bond donors (Lipinski definition) is 0. The van der Waals surface area contributed by atoms with E-state index in [0.717, 1.165) is 38.0 Å². The topological polar surface area (TPSA) is 0 Å². The van der Waals surface area contributed by atoms with Gasteiger partial charge in [0, 0.05) is 5.41 Å². The van der Waals surface area contributed by atoms with Gasteiger partial charge in [0.25, 0.3) is 0 Å². The molecule has 0 fully saturated rings. The van der Waals surface area contributed by atoms with Crippen LogP contribution in [0.5, 0.6) is 0 Å². The van der Waals surface area contributed by atoms with E-state index < -0.39 is 39.7 Å². The molecule has 93 heavy (non-hydrogen) atoms. The third kappa shape index (κ3) is 57.9. The minimum atomic E-state index is -1.04. The Hall–Kier alpha value is -0.490. The molecule has 0 spiro atoms. The summed E-state index contributed by atoms with van der Waals surface area (Å²) in [6.07, 6.45) is 17.6. The Labute approximate surface area is 588 Å². The second kappa shape index (κ2) is 54.3.